The zero-order valence-electron chi connectivity index (χ0n) is 15.7. The molecule has 2 heterocycles. The van der Waals surface area contributed by atoms with Crippen molar-refractivity contribution >= 4 is 28.9 Å². The highest BCUT2D eigenvalue weighted by Crippen LogP contribution is 2.49. The van der Waals surface area contributed by atoms with Gasteiger partial charge in [0, 0.05) is 12.0 Å². The third-order valence-corrected chi connectivity index (χ3v) is 6.03. The van der Waals surface area contributed by atoms with Gasteiger partial charge in [-0.05, 0) is 48.0 Å². The van der Waals surface area contributed by atoms with E-state index in [0.717, 1.165) is 40.3 Å². The van der Waals surface area contributed by atoms with Gasteiger partial charge in [0.05, 0.1) is 34.5 Å². The SMILES string of the molecule is COc1ccc(C2=NN3[C@@H](C2)c2ccccc2O[C@H]3c2c(Cl)cccc2Cl)cc1. The van der Waals surface area contributed by atoms with Crippen LogP contribution < -0.4 is 9.47 Å². The molecular weight excluding hydrogens is 407 g/mol. The summed E-state index contributed by atoms with van der Waals surface area (Å²) in [4.78, 5) is 0. The summed E-state index contributed by atoms with van der Waals surface area (Å²) >= 11 is 13.0. The maximum atomic E-state index is 6.51. The zero-order valence-corrected chi connectivity index (χ0v) is 17.2. The molecule has 0 fully saturated rings. The lowest BCUT2D eigenvalue weighted by Gasteiger charge is -2.38. The van der Waals surface area contributed by atoms with Crippen LogP contribution in [0, 0.1) is 0 Å². The van der Waals surface area contributed by atoms with Crippen molar-refractivity contribution in [3.05, 3.63) is 93.5 Å². The van der Waals surface area contributed by atoms with Crippen molar-refractivity contribution in [2.45, 2.75) is 18.7 Å². The fraction of sp³-hybridized carbons (Fsp3) is 0.174. The first-order valence-corrected chi connectivity index (χ1v) is 10.1. The lowest BCUT2D eigenvalue weighted by Crippen LogP contribution is -2.34. The lowest BCUT2D eigenvalue weighted by molar-refractivity contribution is -0.0189. The average molecular weight is 425 g/mol. The van der Waals surface area contributed by atoms with E-state index < -0.39 is 6.23 Å². The summed E-state index contributed by atoms with van der Waals surface area (Å²) < 4.78 is 11.6. The number of nitrogens with zero attached hydrogens (tertiary/aromatic N) is 2. The Morgan fingerprint density at radius 3 is 2.41 bits per heavy atom. The summed E-state index contributed by atoms with van der Waals surface area (Å²) in [6, 6.07) is 21.5. The van der Waals surface area contributed by atoms with Crippen LogP contribution in [0.1, 0.15) is 35.4 Å². The molecule has 3 aromatic carbocycles. The molecule has 0 amide bonds. The Labute approximate surface area is 179 Å². The predicted octanol–water partition coefficient (Wildman–Crippen LogP) is 6.24. The quantitative estimate of drug-likeness (QED) is 0.498. The Morgan fingerprint density at radius 1 is 0.966 bits per heavy atom. The summed E-state index contributed by atoms with van der Waals surface area (Å²) in [6.07, 6.45) is 0.275. The van der Waals surface area contributed by atoms with Crippen molar-refractivity contribution in [3.8, 4) is 11.5 Å². The minimum Gasteiger partial charge on any atom is -0.497 e. The second-order valence-corrected chi connectivity index (χ2v) is 7.83. The predicted molar refractivity (Wildman–Crippen MR) is 115 cm³/mol. The van der Waals surface area contributed by atoms with Crippen molar-refractivity contribution < 1.29 is 9.47 Å². The van der Waals surface area contributed by atoms with E-state index in [1.807, 2.05) is 65.7 Å². The third-order valence-electron chi connectivity index (χ3n) is 5.37. The first-order chi connectivity index (χ1) is 14.2. The fourth-order valence-corrected chi connectivity index (χ4v) is 4.51. The number of hydrazone groups is 1. The number of fused-ring (bicyclic) bond motifs is 3. The van der Waals surface area contributed by atoms with Gasteiger partial charge in [-0.1, -0.05) is 47.5 Å². The molecule has 29 heavy (non-hydrogen) atoms. The maximum Gasteiger partial charge on any atom is 0.216 e. The molecule has 4 nitrogen and oxygen atoms in total. The second kappa shape index (κ2) is 7.29. The van der Waals surface area contributed by atoms with Crippen molar-refractivity contribution in [2.75, 3.05) is 7.11 Å². The van der Waals surface area contributed by atoms with Crippen LogP contribution in [0.4, 0.5) is 0 Å². The Morgan fingerprint density at radius 2 is 1.69 bits per heavy atom. The number of hydrogen-bond donors (Lipinski definition) is 0. The normalized spacial score (nSPS) is 19.8. The molecule has 3 aromatic rings. The van der Waals surface area contributed by atoms with E-state index in [1.54, 1.807) is 7.11 Å². The van der Waals surface area contributed by atoms with Gasteiger partial charge in [0.1, 0.15) is 11.5 Å². The van der Waals surface area contributed by atoms with Gasteiger partial charge in [-0.25, -0.2) is 5.01 Å². The molecule has 2 atom stereocenters. The molecule has 2 aliphatic rings. The van der Waals surface area contributed by atoms with Crippen LogP contribution in [-0.2, 0) is 0 Å². The Bertz CT molecular complexity index is 1080. The van der Waals surface area contributed by atoms with Gasteiger partial charge in [-0.3, -0.25) is 0 Å². The lowest BCUT2D eigenvalue weighted by atomic mass is 9.96. The topological polar surface area (TPSA) is 34.1 Å². The first-order valence-electron chi connectivity index (χ1n) is 9.35. The molecule has 5 rings (SSSR count). The second-order valence-electron chi connectivity index (χ2n) is 7.02. The Hall–Kier alpha value is -2.69. The highest BCUT2D eigenvalue weighted by Gasteiger charge is 2.42. The van der Waals surface area contributed by atoms with Gasteiger partial charge in [0.15, 0.2) is 0 Å². The number of hydrogen-bond acceptors (Lipinski definition) is 4. The van der Waals surface area contributed by atoms with Crippen molar-refractivity contribution in [1.82, 2.24) is 5.01 Å². The monoisotopic (exact) mass is 424 g/mol. The smallest absolute Gasteiger partial charge is 0.216 e. The van der Waals surface area contributed by atoms with Crippen LogP contribution in [0.3, 0.4) is 0 Å². The van der Waals surface area contributed by atoms with Crippen LogP contribution in [0.2, 0.25) is 10.0 Å². The molecular formula is C23H18Cl2N2O2. The average Bonchev–Trinajstić information content (AvgIpc) is 3.19. The molecule has 0 unspecified atom stereocenters. The molecule has 0 saturated carbocycles. The van der Waals surface area contributed by atoms with Crippen molar-refractivity contribution in [3.63, 3.8) is 0 Å². The van der Waals surface area contributed by atoms with Gasteiger partial charge in [-0.15, -0.1) is 0 Å². The van der Waals surface area contributed by atoms with E-state index in [1.165, 1.54) is 0 Å². The molecule has 6 heteroatoms. The molecule has 0 spiro atoms. The number of ether oxygens (including phenoxy) is 2. The van der Waals surface area contributed by atoms with E-state index in [2.05, 4.69) is 6.07 Å². The summed E-state index contributed by atoms with van der Waals surface area (Å²) in [5.74, 6) is 1.65. The largest absolute Gasteiger partial charge is 0.497 e. The number of benzene rings is 3. The molecule has 0 N–H and O–H groups in total. The standard InChI is InChI=1S/C23H18Cl2N2O2/c1-28-15-11-9-14(10-12-15)19-13-20-16-5-2-3-8-21(16)29-23(27(20)26-19)22-17(24)6-4-7-18(22)25/h2-12,20,23H,13H2,1H3/t20-,23-/m0/s1. The minimum absolute atomic E-state index is 0.0504. The number of rotatable bonds is 3. The summed E-state index contributed by atoms with van der Waals surface area (Å²) in [7, 11) is 1.66. The summed E-state index contributed by atoms with van der Waals surface area (Å²) in [5, 5.41) is 8.05. The minimum atomic E-state index is -0.494. The van der Waals surface area contributed by atoms with Crippen molar-refractivity contribution in [1.29, 1.82) is 0 Å². The van der Waals surface area contributed by atoms with Gasteiger partial charge < -0.3 is 9.47 Å². The van der Waals surface area contributed by atoms with E-state index in [0.29, 0.717) is 10.0 Å². The molecule has 0 bridgehead atoms. The third kappa shape index (κ3) is 3.13. The Kier molecular flexibility index (Phi) is 4.61. The Balaban J connectivity index is 1.60. The molecule has 0 radical (unpaired) electrons. The number of halogens is 2. The van der Waals surface area contributed by atoms with E-state index in [4.69, 9.17) is 37.8 Å². The number of para-hydroxylation sites is 1. The van der Waals surface area contributed by atoms with E-state index in [9.17, 15) is 0 Å². The number of methoxy groups -OCH3 is 1. The van der Waals surface area contributed by atoms with Gasteiger partial charge in [0.2, 0.25) is 6.23 Å². The molecule has 2 aliphatic heterocycles. The van der Waals surface area contributed by atoms with Crippen LogP contribution in [0.25, 0.3) is 0 Å². The maximum absolute atomic E-state index is 6.51. The molecule has 0 aromatic heterocycles. The fourth-order valence-electron chi connectivity index (χ4n) is 3.93. The van der Waals surface area contributed by atoms with Crippen molar-refractivity contribution in [2.24, 2.45) is 5.10 Å². The zero-order chi connectivity index (χ0) is 20.0. The van der Waals surface area contributed by atoms with Gasteiger partial charge in [0.25, 0.3) is 0 Å². The van der Waals surface area contributed by atoms with Gasteiger partial charge >= 0.3 is 0 Å². The first kappa shape index (κ1) is 18.3. The van der Waals surface area contributed by atoms with Crippen LogP contribution >= 0.6 is 23.2 Å². The molecule has 0 saturated heterocycles. The molecule has 0 aliphatic carbocycles. The van der Waals surface area contributed by atoms with E-state index >= 15 is 0 Å². The highest BCUT2D eigenvalue weighted by molar-refractivity contribution is 6.36. The summed E-state index contributed by atoms with van der Waals surface area (Å²) in [5.41, 5.74) is 3.89. The summed E-state index contributed by atoms with van der Waals surface area (Å²) in [6.45, 7) is 0. The van der Waals surface area contributed by atoms with Crippen LogP contribution in [-0.4, -0.2) is 17.8 Å². The van der Waals surface area contributed by atoms with E-state index in [-0.39, 0.29) is 6.04 Å². The van der Waals surface area contributed by atoms with Crippen LogP contribution in [0.15, 0.2) is 71.8 Å². The highest BCUT2D eigenvalue weighted by atomic mass is 35.5. The molecule has 146 valence electrons. The van der Waals surface area contributed by atoms with Gasteiger partial charge in [-0.2, -0.15) is 5.10 Å². The van der Waals surface area contributed by atoms with Crippen LogP contribution in [0.5, 0.6) is 11.5 Å².